The summed E-state index contributed by atoms with van der Waals surface area (Å²) >= 11 is 0. The van der Waals surface area contributed by atoms with Gasteiger partial charge in [-0.2, -0.15) is 0 Å². The van der Waals surface area contributed by atoms with Crippen molar-refractivity contribution in [3.63, 3.8) is 0 Å². The van der Waals surface area contributed by atoms with Crippen LogP contribution in [0.15, 0.2) is 48.5 Å². The van der Waals surface area contributed by atoms with Gasteiger partial charge in [-0.15, -0.1) is 0 Å². The number of rotatable bonds is 4. The van der Waals surface area contributed by atoms with E-state index in [-0.39, 0.29) is 5.97 Å². The van der Waals surface area contributed by atoms with Crippen molar-refractivity contribution in [2.24, 2.45) is 5.41 Å². The average Bonchev–Trinajstić information content (AvgIpc) is 2.67. The van der Waals surface area contributed by atoms with Gasteiger partial charge in [0.05, 0.1) is 5.41 Å². The fraction of sp³-hybridized carbons (Fsp3) is 0.292. The van der Waals surface area contributed by atoms with E-state index in [1.807, 2.05) is 20.8 Å². The predicted molar refractivity (Wildman–Crippen MR) is 108 cm³/mol. The molecule has 0 saturated heterocycles. The van der Waals surface area contributed by atoms with Crippen LogP contribution >= 0.6 is 0 Å². The van der Waals surface area contributed by atoms with Gasteiger partial charge in [-0.1, -0.05) is 61.5 Å². The zero-order valence-electron chi connectivity index (χ0n) is 15.6. The lowest BCUT2D eigenvalue weighted by molar-refractivity contribution is -0.155. The van der Waals surface area contributed by atoms with Crippen LogP contribution in [0.25, 0.3) is 27.6 Å². The number of carbonyl (C=O) groups excluding carboxylic acids is 1. The van der Waals surface area contributed by atoms with E-state index in [9.17, 15) is 4.79 Å². The van der Waals surface area contributed by atoms with Crippen LogP contribution in [0.2, 0.25) is 0 Å². The van der Waals surface area contributed by atoms with E-state index in [0.29, 0.717) is 6.61 Å². The van der Waals surface area contributed by atoms with Crippen LogP contribution in [-0.4, -0.2) is 5.97 Å². The van der Waals surface area contributed by atoms with Gasteiger partial charge in [-0.05, 0) is 59.4 Å². The highest BCUT2D eigenvalue weighted by Gasteiger charge is 2.27. The van der Waals surface area contributed by atoms with E-state index in [2.05, 4.69) is 54.6 Å². The number of allylic oxidation sites excluding steroid dienone is 1. The first kappa shape index (κ1) is 16.8. The van der Waals surface area contributed by atoms with Gasteiger partial charge in [0, 0.05) is 5.56 Å². The third kappa shape index (κ3) is 2.61. The summed E-state index contributed by atoms with van der Waals surface area (Å²) in [6.07, 6.45) is 6.17. The fourth-order valence-electron chi connectivity index (χ4n) is 3.71. The smallest absolute Gasteiger partial charge is 0.311 e. The Morgan fingerprint density at radius 2 is 1.77 bits per heavy atom. The second-order valence-electron chi connectivity index (χ2n) is 7.70. The molecule has 3 aromatic rings. The highest BCUT2D eigenvalue weighted by atomic mass is 16.5. The molecule has 0 radical (unpaired) electrons. The van der Waals surface area contributed by atoms with Crippen LogP contribution in [0.5, 0.6) is 0 Å². The van der Waals surface area contributed by atoms with Gasteiger partial charge in [0.1, 0.15) is 6.61 Å². The molecule has 0 aromatic heterocycles. The van der Waals surface area contributed by atoms with Crippen LogP contribution in [0.1, 0.15) is 43.9 Å². The molecule has 0 saturated carbocycles. The van der Waals surface area contributed by atoms with Crippen LogP contribution in [-0.2, 0) is 22.6 Å². The third-order valence-electron chi connectivity index (χ3n) is 5.69. The lowest BCUT2D eigenvalue weighted by atomic mass is 9.86. The molecule has 0 atom stereocenters. The minimum absolute atomic E-state index is 0.135. The molecule has 2 nitrogen and oxygen atoms in total. The summed E-state index contributed by atoms with van der Waals surface area (Å²) in [6.45, 7) is 6.21. The minimum Gasteiger partial charge on any atom is -0.460 e. The molecule has 1 aliphatic carbocycles. The molecule has 0 N–H and O–H groups in total. The Balaban J connectivity index is 1.90. The molecule has 1 aliphatic rings. The Bertz CT molecular complexity index is 1040. The van der Waals surface area contributed by atoms with Crippen molar-refractivity contribution in [3.8, 4) is 0 Å². The number of fused-ring (bicyclic) bond motifs is 2. The number of benzene rings is 3. The SMILES string of the molecule is CCC(C)(C)C(=O)OCc1c2ccccc2c2c3c(cccc13)CC=C2. The molecule has 3 aromatic carbocycles. The van der Waals surface area contributed by atoms with E-state index < -0.39 is 5.41 Å². The van der Waals surface area contributed by atoms with Gasteiger partial charge >= 0.3 is 5.97 Å². The van der Waals surface area contributed by atoms with Crippen LogP contribution in [0.3, 0.4) is 0 Å². The number of esters is 1. The molecule has 0 aliphatic heterocycles. The predicted octanol–water partition coefficient (Wildman–Crippen LogP) is 6.04. The Hall–Kier alpha value is -2.61. The molecule has 0 unspecified atom stereocenters. The Morgan fingerprint density at radius 3 is 2.54 bits per heavy atom. The molecule has 0 amide bonds. The second-order valence-corrected chi connectivity index (χ2v) is 7.70. The summed E-state index contributed by atoms with van der Waals surface area (Å²) in [4.78, 5) is 12.5. The van der Waals surface area contributed by atoms with Crippen molar-refractivity contribution >= 4 is 33.6 Å². The van der Waals surface area contributed by atoms with Gasteiger partial charge in [0.15, 0.2) is 0 Å². The van der Waals surface area contributed by atoms with Gasteiger partial charge in [0.25, 0.3) is 0 Å². The summed E-state index contributed by atoms with van der Waals surface area (Å²) in [6, 6.07) is 14.9. The zero-order valence-corrected chi connectivity index (χ0v) is 15.6. The maximum Gasteiger partial charge on any atom is 0.311 e. The number of hydrogen-bond donors (Lipinski definition) is 0. The lowest BCUT2D eigenvalue weighted by Crippen LogP contribution is -2.25. The van der Waals surface area contributed by atoms with Crippen molar-refractivity contribution in [2.45, 2.75) is 40.2 Å². The maximum atomic E-state index is 12.5. The van der Waals surface area contributed by atoms with Crippen molar-refractivity contribution in [2.75, 3.05) is 0 Å². The molecule has 132 valence electrons. The largest absolute Gasteiger partial charge is 0.460 e. The first-order valence-electron chi connectivity index (χ1n) is 9.32. The van der Waals surface area contributed by atoms with E-state index in [4.69, 9.17) is 4.74 Å². The normalized spacial score (nSPS) is 13.3. The number of hydrogen-bond acceptors (Lipinski definition) is 2. The van der Waals surface area contributed by atoms with E-state index in [1.165, 1.54) is 32.7 Å². The van der Waals surface area contributed by atoms with E-state index in [1.54, 1.807) is 0 Å². The van der Waals surface area contributed by atoms with Gasteiger partial charge in [-0.3, -0.25) is 4.79 Å². The van der Waals surface area contributed by atoms with Crippen molar-refractivity contribution in [3.05, 3.63) is 65.2 Å². The van der Waals surface area contributed by atoms with Crippen molar-refractivity contribution in [1.82, 2.24) is 0 Å². The Kier molecular flexibility index (Phi) is 4.07. The topological polar surface area (TPSA) is 26.3 Å². The number of carbonyl (C=O) groups is 1. The molecular formula is C24H24O2. The molecular weight excluding hydrogens is 320 g/mol. The minimum atomic E-state index is -0.453. The zero-order chi connectivity index (χ0) is 18.3. The quantitative estimate of drug-likeness (QED) is 0.426. The standard InChI is InChI=1S/C24H24O2/c1-4-24(2,3)23(25)26-15-21-18-12-6-5-11-17(18)19-13-7-9-16-10-8-14-20(21)22(16)19/h5-8,10-14H,4,9,15H2,1-3H3. The third-order valence-corrected chi connectivity index (χ3v) is 5.69. The van der Waals surface area contributed by atoms with E-state index >= 15 is 0 Å². The van der Waals surface area contributed by atoms with Crippen LogP contribution in [0, 0.1) is 5.41 Å². The Morgan fingerprint density at radius 1 is 1.04 bits per heavy atom. The van der Waals surface area contributed by atoms with Crippen LogP contribution < -0.4 is 0 Å². The summed E-state index contributed by atoms with van der Waals surface area (Å²) in [7, 11) is 0. The molecule has 0 fully saturated rings. The Labute approximate surface area is 154 Å². The van der Waals surface area contributed by atoms with Crippen LogP contribution in [0.4, 0.5) is 0 Å². The monoisotopic (exact) mass is 344 g/mol. The van der Waals surface area contributed by atoms with Gasteiger partial charge in [-0.25, -0.2) is 0 Å². The highest BCUT2D eigenvalue weighted by Crippen LogP contribution is 2.38. The lowest BCUT2D eigenvalue weighted by Gasteiger charge is -2.23. The summed E-state index contributed by atoms with van der Waals surface area (Å²) in [5.41, 5.74) is 3.27. The van der Waals surface area contributed by atoms with Gasteiger partial charge in [0.2, 0.25) is 0 Å². The van der Waals surface area contributed by atoms with E-state index in [0.717, 1.165) is 18.4 Å². The molecule has 2 heteroatoms. The van der Waals surface area contributed by atoms with Gasteiger partial charge < -0.3 is 4.74 Å². The molecule has 0 spiro atoms. The number of ether oxygens (including phenoxy) is 1. The van der Waals surface area contributed by atoms with Crippen molar-refractivity contribution < 1.29 is 9.53 Å². The van der Waals surface area contributed by atoms with Crippen molar-refractivity contribution in [1.29, 1.82) is 0 Å². The average molecular weight is 344 g/mol. The summed E-state index contributed by atoms with van der Waals surface area (Å²) in [5.74, 6) is -0.135. The fourth-order valence-corrected chi connectivity index (χ4v) is 3.71. The highest BCUT2D eigenvalue weighted by molar-refractivity contribution is 6.11. The molecule has 0 bridgehead atoms. The summed E-state index contributed by atoms with van der Waals surface area (Å²) < 4.78 is 5.77. The second kappa shape index (κ2) is 6.28. The maximum absolute atomic E-state index is 12.5. The molecule has 26 heavy (non-hydrogen) atoms. The molecule has 0 heterocycles. The summed E-state index contributed by atoms with van der Waals surface area (Å²) in [5, 5.41) is 4.89. The first-order chi connectivity index (χ1) is 12.5. The first-order valence-corrected chi connectivity index (χ1v) is 9.32. The molecule has 4 rings (SSSR count).